The Morgan fingerprint density at radius 2 is 2.25 bits per heavy atom. The van der Waals surface area contributed by atoms with E-state index in [2.05, 4.69) is 40.0 Å². The number of amides is 1. The number of carbonyl (C=O) groups is 1. The monoisotopic (exact) mass is 338 g/mol. The number of benzene rings is 1. The summed E-state index contributed by atoms with van der Waals surface area (Å²) in [7, 11) is 0. The van der Waals surface area contributed by atoms with Crippen LogP contribution < -0.4 is 5.32 Å². The third kappa shape index (κ3) is 3.83. The predicted molar refractivity (Wildman–Crippen MR) is 86.0 cm³/mol. The number of hydrogen-bond acceptors (Lipinski definition) is 2. The van der Waals surface area contributed by atoms with E-state index in [1.807, 2.05) is 25.1 Å². The zero-order valence-corrected chi connectivity index (χ0v) is 14.0. The van der Waals surface area contributed by atoms with Crippen molar-refractivity contribution in [1.82, 2.24) is 10.2 Å². The van der Waals surface area contributed by atoms with Gasteiger partial charge in [0.25, 0.3) is 5.91 Å². The van der Waals surface area contributed by atoms with Gasteiger partial charge in [-0.1, -0.05) is 15.9 Å². The molecule has 1 aliphatic heterocycles. The summed E-state index contributed by atoms with van der Waals surface area (Å²) in [4.78, 5) is 14.6. The summed E-state index contributed by atoms with van der Waals surface area (Å²) >= 11 is 3.45. The van der Waals surface area contributed by atoms with Crippen molar-refractivity contribution in [2.24, 2.45) is 5.92 Å². The number of nitrogens with zero attached hydrogens (tertiary/aromatic N) is 1. The minimum absolute atomic E-state index is 0.0311. The van der Waals surface area contributed by atoms with Gasteiger partial charge in [0.15, 0.2) is 0 Å². The van der Waals surface area contributed by atoms with Crippen molar-refractivity contribution >= 4 is 21.8 Å². The Labute approximate surface area is 129 Å². The summed E-state index contributed by atoms with van der Waals surface area (Å²) in [6, 6.07) is 6.32. The van der Waals surface area contributed by atoms with Crippen LogP contribution in [0.25, 0.3) is 0 Å². The van der Waals surface area contributed by atoms with Gasteiger partial charge in [0.05, 0.1) is 0 Å². The highest BCUT2D eigenvalue weighted by atomic mass is 79.9. The van der Waals surface area contributed by atoms with Crippen molar-refractivity contribution in [1.29, 1.82) is 0 Å². The zero-order valence-electron chi connectivity index (χ0n) is 12.4. The average molecular weight is 339 g/mol. The second kappa shape index (κ2) is 6.72. The van der Waals surface area contributed by atoms with Crippen molar-refractivity contribution in [2.75, 3.05) is 19.6 Å². The molecule has 1 amide bonds. The van der Waals surface area contributed by atoms with Gasteiger partial charge in [0.1, 0.15) is 0 Å². The molecule has 1 saturated heterocycles. The molecule has 1 fully saturated rings. The van der Waals surface area contributed by atoms with Crippen LogP contribution in [0.3, 0.4) is 0 Å². The first-order valence-corrected chi connectivity index (χ1v) is 8.05. The minimum atomic E-state index is 0.0311. The molecular formula is C16H23BrN2O. The second-order valence-corrected chi connectivity index (χ2v) is 6.77. The molecule has 1 N–H and O–H groups in total. The molecule has 0 aromatic heterocycles. The highest BCUT2D eigenvalue weighted by Crippen LogP contribution is 2.19. The second-order valence-electron chi connectivity index (χ2n) is 5.92. The summed E-state index contributed by atoms with van der Waals surface area (Å²) in [6.45, 7) is 9.47. The van der Waals surface area contributed by atoms with E-state index in [1.165, 1.54) is 6.42 Å². The van der Waals surface area contributed by atoms with Gasteiger partial charge in [0, 0.05) is 29.2 Å². The largest absolute Gasteiger partial charge is 0.352 e. The van der Waals surface area contributed by atoms with Crippen LogP contribution in [0.5, 0.6) is 0 Å². The Hall–Kier alpha value is -0.870. The van der Waals surface area contributed by atoms with Crippen molar-refractivity contribution in [3.63, 3.8) is 0 Å². The van der Waals surface area contributed by atoms with E-state index >= 15 is 0 Å². The maximum atomic E-state index is 12.1. The fourth-order valence-electron chi connectivity index (χ4n) is 2.62. The zero-order chi connectivity index (χ0) is 14.7. The Bertz CT molecular complexity index is 487. The Kier molecular flexibility index (Phi) is 5.22. The lowest BCUT2D eigenvalue weighted by Gasteiger charge is -2.20. The van der Waals surface area contributed by atoms with Gasteiger partial charge >= 0.3 is 0 Å². The molecule has 0 radical (unpaired) electrons. The topological polar surface area (TPSA) is 32.3 Å². The maximum absolute atomic E-state index is 12.1. The smallest absolute Gasteiger partial charge is 0.251 e. The first kappa shape index (κ1) is 15.5. The summed E-state index contributed by atoms with van der Waals surface area (Å²) in [5.41, 5.74) is 1.83. The molecular weight excluding hydrogens is 316 g/mol. The van der Waals surface area contributed by atoms with Gasteiger partial charge in [-0.3, -0.25) is 4.79 Å². The molecule has 20 heavy (non-hydrogen) atoms. The molecule has 0 saturated carbocycles. The molecule has 1 heterocycles. The van der Waals surface area contributed by atoms with E-state index < -0.39 is 0 Å². The highest BCUT2D eigenvalue weighted by molar-refractivity contribution is 9.10. The third-order valence-electron chi connectivity index (χ3n) is 4.02. The van der Waals surface area contributed by atoms with Gasteiger partial charge in [-0.05, 0) is 63.4 Å². The molecule has 0 spiro atoms. The van der Waals surface area contributed by atoms with E-state index in [0.29, 0.717) is 12.0 Å². The summed E-state index contributed by atoms with van der Waals surface area (Å²) in [6.07, 6.45) is 1.18. The standard InChI is InChI=1S/C16H23BrN2O/c1-11(2)19-7-6-13(10-19)9-18-16(20)14-4-5-15(17)12(3)8-14/h4-5,8,11,13H,6-7,9-10H2,1-3H3,(H,18,20). The Morgan fingerprint density at radius 1 is 1.50 bits per heavy atom. The van der Waals surface area contributed by atoms with Crippen LogP contribution in [0.4, 0.5) is 0 Å². The van der Waals surface area contributed by atoms with Crippen molar-refractivity contribution in [3.8, 4) is 0 Å². The minimum Gasteiger partial charge on any atom is -0.352 e. The summed E-state index contributed by atoms with van der Waals surface area (Å²) in [5, 5.41) is 3.07. The fraction of sp³-hybridized carbons (Fsp3) is 0.562. The number of nitrogens with one attached hydrogen (secondary N) is 1. The van der Waals surface area contributed by atoms with Gasteiger partial charge in [0.2, 0.25) is 0 Å². The molecule has 1 aromatic carbocycles. The lowest BCUT2D eigenvalue weighted by molar-refractivity contribution is 0.0947. The van der Waals surface area contributed by atoms with E-state index in [-0.39, 0.29) is 5.91 Å². The van der Waals surface area contributed by atoms with Crippen LogP contribution in [0.15, 0.2) is 22.7 Å². The first-order chi connectivity index (χ1) is 9.47. The lowest BCUT2D eigenvalue weighted by atomic mass is 10.1. The molecule has 1 unspecified atom stereocenters. The number of rotatable bonds is 4. The van der Waals surface area contributed by atoms with Crippen molar-refractivity contribution in [3.05, 3.63) is 33.8 Å². The molecule has 0 bridgehead atoms. The molecule has 2 rings (SSSR count). The number of halogens is 1. The summed E-state index contributed by atoms with van der Waals surface area (Å²) in [5.74, 6) is 0.612. The SMILES string of the molecule is Cc1cc(C(=O)NCC2CCN(C(C)C)C2)ccc1Br. The molecule has 1 aromatic rings. The number of carbonyl (C=O) groups excluding carboxylic acids is 1. The van der Waals surface area contributed by atoms with E-state index in [0.717, 1.165) is 35.2 Å². The number of aryl methyl sites for hydroxylation is 1. The molecule has 4 heteroatoms. The summed E-state index contributed by atoms with van der Waals surface area (Å²) < 4.78 is 1.04. The van der Waals surface area contributed by atoms with E-state index in [9.17, 15) is 4.79 Å². The highest BCUT2D eigenvalue weighted by Gasteiger charge is 2.24. The van der Waals surface area contributed by atoms with Crippen LogP contribution in [-0.2, 0) is 0 Å². The van der Waals surface area contributed by atoms with Gasteiger partial charge < -0.3 is 10.2 Å². The number of likely N-dealkylation sites (tertiary alicyclic amines) is 1. The maximum Gasteiger partial charge on any atom is 0.251 e. The van der Waals surface area contributed by atoms with Crippen LogP contribution in [0.1, 0.15) is 36.2 Å². The molecule has 1 aliphatic rings. The van der Waals surface area contributed by atoms with Crippen LogP contribution in [0.2, 0.25) is 0 Å². The lowest BCUT2D eigenvalue weighted by Crippen LogP contribution is -2.33. The molecule has 110 valence electrons. The van der Waals surface area contributed by atoms with Crippen LogP contribution in [-0.4, -0.2) is 36.5 Å². The van der Waals surface area contributed by atoms with Crippen LogP contribution in [0, 0.1) is 12.8 Å². The quantitative estimate of drug-likeness (QED) is 0.914. The Balaban J connectivity index is 1.85. The van der Waals surface area contributed by atoms with E-state index in [4.69, 9.17) is 0 Å². The predicted octanol–water partition coefficient (Wildman–Crippen LogP) is 3.22. The molecule has 0 aliphatic carbocycles. The van der Waals surface area contributed by atoms with Gasteiger partial charge in [-0.25, -0.2) is 0 Å². The average Bonchev–Trinajstić information content (AvgIpc) is 2.88. The van der Waals surface area contributed by atoms with Crippen molar-refractivity contribution < 1.29 is 4.79 Å². The fourth-order valence-corrected chi connectivity index (χ4v) is 2.87. The van der Waals surface area contributed by atoms with Gasteiger partial charge in [-0.15, -0.1) is 0 Å². The number of hydrogen-bond donors (Lipinski definition) is 1. The normalized spacial score (nSPS) is 19.6. The van der Waals surface area contributed by atoms with Gasteiger partial charge in [-0.2, -0.15) is 0 Å². The molecule has 1 atom stereocenters. The first-order valence-electron chi connectivity index (χ1n) is 7.25. The van der Waals surface area contributed by atoms with Crippen molar-refractivity contribution in [2.45, 2.75) is 33.2 Å². The van der Waals surface area contributed by atoms with Crippen LogP contribution >= 0.6 is 15.9 Å². The van der Waals surface area contributed by atoms with E-state index in [1.54, 1.807) is 0 Å². The Morgan fingerprint density at radius 3 is 2.85 bits per heavy atom. The third-order valence-corrected chi connectivity index (χ3v) is 4.91. The molecule has 3 nitrogen and oxygen atoms in total.